The Balaban J connectivity index is 2.11. The van der Waals surface area contributed by atoms with E-state index in [1.165, 1.54) is 0 Å². The number of hydrogen-bond acceptors (Lipinski definition) is 3. The average molecular weight is 290 g/mol. The molecule has 7 heteroatoms. The van der Waals surface area contributed by atoms with Crippen molar-refractivity contribution < 1.29 is 22.7 Å². The zero-order chi connectivity index (χ0) is 15.0. The van der Waals surface area contributed by atoms with Gasteiger partial charge in [0, 0.05) is 24.7 Å². The second-order valence-corrected chi connectivity index (χ2v) is 4.24. The maximum absolute atomic E-state index is 11.9. The molecule has 0 saturated carbocycles. The summed E-state index contributed by atoms with van der Waals surface area (Å²) in [6, 6.07) is 6.76. The van der Waals surface area contributed by atoms with Crippen LogP contribution in [0.4, 0.5) is 18.9 Å². The summed E-state index contributed by atoms with van der Waals surface area (Å²) in [5.74, 6) is 0.214. The van der Waals surface area contributed by atoms with Gasteiger partial charge in [-0.3, -0.25) is 4.79 Å². The molecule has 112 valence electrons. The molecule has 0 saturated heterocycles. The number of carbonyl (C=O) groups excluding carboxylic acids is 1. The number of ether oxygens (including phenoxy) is 1. The van der Waals surface area contributed by atoms with Crippen molar-refractivity contribution in [2.45, 2.75) is 25.4 Å². The fourth-order valence-electron chi connectivity index (χ4n) is 1.47. The molecule has 0 radical (unpaired) electrons. The van der Waals surface area contributed by atoms with E-state index in [1.54, 1.807) is 24.3 Å². The van der Waals surface area contributed by atoms with E-state index in [-0.39, 0.29) is 31.9 Å². The molecular formula is C13H17F3N2O2. The summed E-state index contributed by atoms with van der Waals surface area (Å²) in [5, 5.41) is 2.41. The van der Waals surface area contributed by atoms with Gasteiger partial charge in [-0.1, -0.05) is 6.07 Å². The van der Waals surface area contributed by atoms with Gasteiger partial charge in [0.2, 0.25) is 5.91 Å². The number of carbonyl (C=O) groups is 1. The SMILES string of the molecule is Nc1cccc(OCCC(=O)NCCCC(F)(F)F)c1. The highest BCUT2D eigenvalue weighted by Crippen LogP contribution is 2.20. The standard InChI is InChI=1S/C13H17F3N2O2/c14-13(15,16)6-2-7-18-12(19)5-8-20-11-4-1-3-10(17)9-11/h1,3-4,9H,2,5-8,17H2,(H,18,19). The van der Waals surface area contributed by atoms with E-state index in [9.17, 15) is 18.0 Å². The van der Waals surface area contributed by atoms with Crippen molar-refractivity contribution in [2.24, 2.45) is 0 Å². The third-order valence-electron chi connectivity index (χ3n) is 2.42. The van der Waals surface area contributed by atoms with Crippen molar-refractivity contribution in [1.82, 2.24) is 5.32 Å². The van der Waals surface area contributed by atoms with Gasteiger partial charge in [0.15, 0.2) is 0 Å². The van der Waals surface area contributed by atoms with Crippen LogP contribution in [-0.4, -0.2) is 25.2 Å². The molecular weight excluding hydrogens is 273 g/mol. The number of nitrogens with two attached hydrogens (primary N) is 1. The zero-order valence-corrected chi connectivity index (χ0v) is 10.9. The van der Waals surface area contributed by atoms with Gasteiger partial charge in [-0.15, -0.1) is 0 Å². The molecule has 0 atom stereocenters. The first-order valence-corrected chi connectivity index (χ1v) is 6.18. The van der Waals surface area contributed by atoms with Crippen molar-refractivity contribution >= 4 is 11.6 Å². The van der Waals surface area contributed by atoms with Gasteiger partial charge in [0.25, 0.3) is 0 Å². The maximum atomic E-state index is 11.9. The lowest BCUT2D eigenvalue weighted by molar-refractivity contribution is -0.136. The van der Waals surface area contributed by atoms with E-state index >= 15 is 0 Å². The van der Waals surface area contributed by atoms with Crippen molar-refractivity contribution in [3.63, 3.8) is 0 Å². The molecule has 3 N–H and O–H groups in total. The lowest BCUT2D eigenvalue weighted by Gasteiger charge is -2.08. The quantitative estimate of drug-likeness (QED) is 0.599. The lowest BCUT2D eigenvalue weighted by atomic mass is 10.3. The minimum atomic E-state index is -4.18. The molecule has 1 rings (SSSR count). The van der Waals surface area contributed by atoms with Crippen molar-refractivity contribution in [2.75, 3.05) is 18.9 Å². The van der Waals surface area contributed by atoms with Crippen LogP contribution in [0, 0.1) is 0 Å². The van der Waals surface area contributed by atoms with E-state index in [4.69, 9.17) is 10.5 Å². The molecule has 0 unspecified atom stereocenters. The van der Waals surface area contributed by atoms with Crippen molar-refractivity contribution in [3.05, 3.63) is 24.3 Å². The van der Waals surface area contributed by atoms with E-state index in [0.717, 1.165) is 0 Å². The highest BCUT2D eigenvalue weighted by atomic mass is 19.4. The first kappa shape index (κ1) is 16.1. The fourth-order valence-corrected chi connectivity index (χ4v) is 1.47. The minimum absolute atomic E-state index is 0.0105. The van der Waals surface area contributed by atoms with Crippen LogP contribution in [0.2, 0.25) is 0 Å². The number of amides is 1. The first-order chi connectivity index (χ1) is 9.37. The van der Waals surface area contributed by atoms with Crippen LogP contribution < -0.4 is 15.8 Å². The lowest BCUT2D eigenvalue weighted by Crippen LogP contribution is -2.26. The second-order valence-electron chi connectivity index (χ2n) is 4.24. The fraction of sp³-hybridized carbons (Fsp3) is 0.462. The van der Waals surface area contributed by atoms with Gasteiger partial charge in [0.1, 0.15) is 5.75 Å². The molecule has 0 aliphatic rings. The summed E-state index contributed by atoms with van der Waals surface area (Å²) in [5.41, 5.74) is 6.11. The Hall–Kier alpha value is -1.92. The number of rotatable bonds is 7. The highest BCUT2D eigenvalue weighted by Gasteiger charge is 2.25. The molecule has 0 aromatic heterocycles. The number of alkyl halides is 3. The highest BCUT2D eigenvalue weighted by molar-refractivity contribution is 5.75. The second kappa shape index (κ2) is 7.62. The summed E-state index contributed by atoms with van der Waals surface area (Å²) in [6.07, 6.45) is -5.11. The van der Waals surface area contributed by atoms with Gasteiger partial charge in [-0.25, -0.2) is 0 Å². The Morgan fingerprint density at radius 1 is 1.35 bits per heavy atom. The number of benzene rings is 1. The Labute approximate surface area is 115 Å². The van der Waals surface area contributed by atoms with Crippen LogP contribution in [-0.2, 0) is 4.79 Å². The summed E-state index contributed by atoms with van der Waals surface area (Å²) in [6.45, 7) is 0.158. The smallest absolute Gasteiger partial charge is 0.389 e. The summed E-state index contributed by atoms with van der Waals surface area (Å²) < 4.78 is 40.9. The normalized spacial score (nSPS) is 11.2. The molecule has 0 bridgehead atoms. The third-order valence-corrected chi connectivity index (χ3v) is 2.42. The topological polar surface area (TPSA) is 64.3 Å². The molecule has 1 aromatic rings. The van der Waals surface area contributed by atoms with Crippen LogP contribution in [0.25, 0.3) is 0 Å². The molecule has 1 amide bonds. The zero-order valence-electron chi connectivity index (χ0n) is 10.9. The van der Waals surface area contributed by atoms with Crippen molar-refractivity contribution in [1.29, 1.82) is 0 Å². The summed E-state index contributed by atoms with van der Waals surface area (Å²) in [7, 11) is 0. The Morgan fingerprint density at radius 2 is 2.10 bits per heavy atom. The van der Waals surface area contributed by atoms with Crippen LogP contribution >= 0.6 is 0 Å². The van der Waals surface area contributed by atoms with E-state index in [2.05, 4.69) is 5.32 Å². The molecule has 1 aromatic carbocycles. The maximum Gasteiger partial charge on any atom is 0.389 e. The van der Waals surface area contributed by atoms with Crippen LogP contribution in [0.1, 0.15) is 19.3 Å². The molecule has 0 heterocycles. The Bertz CT molecular complexity index is 436. The van der Waals surface area contributed by atoms with Crippen LogP contribution in [0.3, 0.4) is 0 Å². The first-order valence-electron chi connectivity index (χ1n) is 6.18. The number of hydrogen-bond donors (Lipinski definition) is 2. The largest absolute Gasteiger partial charge is 0.493 e. The average Bonchev–Trinajstić information content (AvgIpc) is 2.34. The Kier molecular flexibility index (Phi) is 6.14. The number of halogens is 3. The van der Waals surface area contributed by atoms with E-state index in [1.807, 2.05) is 0 Å². The number of nitrogens with one attached hydrogen (secondary N) is 1. The predicted molar refractivity (Wildman–Crippen MR) is 69.3 cm³/mol. The van der Waals surface area contributed by atoms with Gasteiger partial charge in [0.05, 0.1) is 13.0 Å². The molecule has 0 fully saturated rings. The van der Waals surface area contributed by atoms with Gasteiger partial charge >= 0.3 is 6.18 Å². The monoisotopic (exact) mass is 290 g/mol. The molecule has 4 nitrogen and oxygen atoms in total. The molecule has 0 aliphatic heterocycles. The minimum Gasteiger partial charge on any atom is -0.493 e. The summed E-state index contributed by atoms with van der Waals surface area (Å²) in [4.78, 5) is 11.3. The summed E-state index contributed by atoms with van der Waals surface area (Å²) >= 11 is 0. The van der Waals surface area contributed by atoms with Crippen LogP contribution in [0.15, 0.2) is 24.3 Å². The number of anilines is 1. The van der Waals surface area contributed by atoms with Crippen molar-refractivity contribution in [3.8, 4) is 5.75 Å². The van der Waals surface area contributed by atoms with Gasteiger partial charge < -0.3 is 15.8 Å². The van der Waals surface area contributed by atoms with E-state index in [0.29, 0.717) is 11.4 Å². The van der Waals surface area contributed by atoms with Crippen LogP contribution in [0.5, 0.6) is 5.75 Å². The Morgan fingerprint density at radius 3 is 2.75 bits per heavy atom. The molecule has 0 spiro atoms. The molecule has 20 heavy (non-hydrogen) atoms. The van der Waals surface area contributed by atoms with E-state index < -0.39 is 12.6 Å². The predicted octanol–water partition coefficient (Wildman–Crippen LogP) is 2.50. The van der Waals surface area contributed by atoms with Gasteiger partial charge in [-0.05, 0) is 18.6 Å². The third kappa shape index (κ3) is 7.50. The number of nitrogen functional groups attached to an aromatic ring is 1. The van der Waals surface area contributed by atoms with Gasteiger partial charge in [-0.2, -0.15) is 13.2 Å². The molecule has 0 aliphatic carbocycles.